The number of nitrogens with one attached hydrogen (secondary N) is 1. The highest BCUT2D eigenvalue weighted by molar-refractivity contribution is 5.78. The van der Waals surface area contributed by atoms with Crippen LogP contribution in [0.4, 0.5) is 0 Å². The molecule has 0 saturated heterocycles. The predicted octanol–water partition coefficient (Wildman–Crippen LogP) is 2.68. The number of benzene rings is 1. The lowest BCUT2D eigenvalue weighted by Gasteiger charge is -2.18. The van der Waals surface area contributed by atoms with E-state index in [1.807, 2.05) is 52.1 Å². The Morgan fingerprint density at radius 3 is 2.77 bits per heavy atom. The van der Waals surface area contributed by atoms with Crippen LogP contribution in [0.15, 0.2) is 30.5 Å². The Labute approximate surface area is 131 Å². The van der Waals surface area contributed by atoms with Crippen molar-refractivity contribution in [3.8, 4) is 5.75 Å². The van der Waals surface area contributed by atoms with Gasteiger partial charge in [-0.05, 0) is 43.5 Å². The zero-order chi connectivity index (χ0) is 16.1. The van der Waals surface area contributed by atoms with Crippen LogP contribution in [0.5, 0.6) is 5.75 Å². The monoisotopic (exact) mass is 301 g/mol. The molecular formula is C17H23N3O2. The van der Waals surface area contributed by atoms with Crippen molar-refractivity contribution in [3.05, 3.63) is 47.3 Å². The maximum Gasteiger partial charge on any atom is 0.258 e. The van der Waals surface area contributed by atoms with Gasteiger partial charge in [-0.1, -0.05) is 19.1 Å². The average molecular weight is 301 g/mol. The number of amides is 1. The number of nitrogens with zero attached hydrogens (tertiary/aromatic N) is 2. The minimum Gasteiger partial charge on any atom is -0.483 e. The summed E-state index contributed by atoms with van der Waals surface area (Å²) in [5, 5.41) is 7.13. The van der Waals surface area contributed by atoms with Crippen LogP contribution < -0.4 is 10.1 Å². The van der Waals surface area contributed by atoms with E-state index < -0.39 is 0 Å². The minimum atomic E-state index is -0.131. The van der Waals surface area contributed by atoms with Crippen molar-refractivity contribution in [1.29, 1.82) is 0 Å². The lowest BCUT2D eigenvalue weighted by atomic mass is 10.1. The first-order chi connectivity index (χ1) is 10.5. The number of hydrogen-bond donors (Lipinski definition) is 1. The second-order valence-electron chi connectivity index (χ2n) is 5.39. The maximum atomic E-state index is 12.1. The fourth-order valence-electron chi connectivity index (χ4n) is 2.37. The van der Waals surface area contributed by atoms with E-state index in [4.69, 9.17) is 4.74 Å². The fraction of sp³-hybridized carbons (Fsp3) is 0.412. The number of aromatic nitrogens is 2. The number of rotatable bonds is 6. The largest absolute Gasteiger partial charge is 0.483 e. The van der Waals surface area contributed by atoms with Gasteiger partial charge in [-0.2, -0.15) is 5.10 Å². The summed E-state index contributed by atoms with van der Waals surface area (Å²) in [4.78, 5) is 12.1. The summed E-state index contributed by atoms with van der Waals surface area (Å²) in [6.45, 7) is 6.06. The van der Waals surface area contributed by atoms with Crippen molar-refractivity contribution < 1.29 is 9.53 Å². The van der Waals surface area contributed by atoms with E-state index in [9.17, 15) is 4.79 Å². The Morgan fingerprint density at radius 2 is 2.14 bits per heavy atom. The molecule has 1 N–H and O–H groups in total. The first-order valence-corrected chi connectivity index (χ1v) is 7.49. The Kier molecular flexibility index (Phi) is 5.20. The zero-order valence-corrected chi connectivity index (χ0v) is 13.6. The highest BCUT2D eigenvalue weighted by Gasteiger charge is 2.16. The van der Waals surface area contributed by atoms with E-state index in [0.717, 1.165) is 29.0 Å². The van der Waals surface area contributed by atoms with Gasteiger partial charge in [-0.25, -0.2) is 0 Å². The second-order valence-corrected chi connectivity index (χ2v) is 5.39. The molecular weight excluding hydrogens is 278 g/mol. The molecule has 0 fully saturated rings. The number of hydrogen-bond acceptors (Lipinski definition) is 3. The number of carbonyl (C=O) groups is 1. The Hall–Kier alpha value is -2.30. The summed E-state index contributed by atoms with van der Waals surface area (Å²) in [7, 11) is 1.87. The first-order valence-electron chi connectivity index (χ1n) is 7.49. The van der Waals surface area contributed by atoms with Crippen molar-refractivity contribution in [2.24, 2.45) is 7.05 Å². The van der Waals surface area contributed by atoms with Crippen molar-refractivity contribution in [2.45, 2.75) is 33.2 Å². The molecule has 118 valence electrons. The summed E-state index contributed by atoms with van der Waals surface area (Å²) in [6, 6.07) is 7.70. The smallest absolute Gasteiger partial charge is 0.258 e. The molecule has 0 aliphatic heterocycles. The third-order valence-corrected chi connectivity index (χ3v) is 3.87. The van der Waals surface area contributed by atoms with Gasteiger partial charge in [0.2, 0.25) is 0 Å². The molecule has 1 atom stereocenters. The topological polar surface area (TPSA) is 56.1 Å². The van der Waals surface area contributed by atoms with Crippen LogP contribution in [0.3, 0.4) is 0 Å². The van der Waals surface area contributed by atoms with Gasteiger partial charge in [0.25, 0.3) is 5.91 Å². The third-order valence-electron chi connectivity index (χ3n) is 3.87. The predicted molar refractivity (Wildman–Crippen MR) is 85.8 cm³/mol. The van der Waals surface area contributed by atoms with Crippen molar-refractivity contribution >= 4 is 5.91 Å². The minimum absolute atomic E-state index is 0.0125. The van der Waals surface area contributed by atoms with Gasteiger partial charge in [0.1, 0.15) is 5.75 Å². The lowest BCUT2D eigenvalue weighted by Crippen LogP contribution is -2.33. The van der Waals surface area contributed by atoms with Crippen LogP contribution in [0.1, 0.15) is 36.2 Å². The Morgan fingerprint density at radius 1 is 1.36 bits per heavy atom. The summed E-state index contributed by atoms with van der Waals surface area (Å²) < 4.78 is 7.42. The quantitative estimate of drug-likeness (QED) is 0.892. The van der Waals surface area contributed by atoms with E-state index >= 15 is 0 Å². The first kappa shape index (κ1) is 16.1. The fourth-order valence-corrected chi connectivity index (χ4v) is 2.37. The summed E-state index contributed by atoms with van der Waals surface area (Å²) in [5.74, 6) is 0.623. The average Bonchev–Trinajstić information content (AvgIpc) is 2.92. The van der Waals surface area contributed by atoms with Crippen molar-refractivity contribution in [1.82, 2.24) is 15.1 Å². The van der Waals surface area contributed by atoms with E-state index in [1.165, 1.54) is 0 Å². The second kappa shape index (κ2) is 7.11. The molecule has 2 rings (SSSR count). The van der Waals surface area contributed by atoms with E-state index in [-0.39, 0.29) is 18.6 Å². The molecule has 0 spiro atoms. The molecule has 1 amide bonds. The lowest BCUT2D eigenvalue weighted by molar-refractivity contribution is -0.123. The molecule has 1 aromatic heterocycles. The van der Waals surface area contributed by atoms with E-state index in [1.54, 1.807) is 10.9 Å². The molecule has 0 unspecified atom stereocenters. The maximum absolute atomic E-state index is 12.1. The SMILES string of the molecule is CC[C@@H](NC(=O)COc1cccc(C)c1C)c1ccnn1C. The van der Waals surface area contributed by atoms with Gasteiger partial charge >= 0.3 is 0 Å². The van der Waals surface area contributed by atoms with Gasteiger partial charge in [-0.3, -0.25) is 9.48 Å². The van der Waals surface area contributed by atoms with Crippen LogP contribution >= 0.6 is 0 Å². The number of carbonyl (C=O) groups excluding carboxylic acids is 1. The molecule has 0 bridgehead atoms. The molecule has 1 heterocycles. The van der Waals surface area contributed by atoms with Crippen molar-refractivity contribution in [2.75, 3.05) is 6.61 Å². The van der Waals surface area contributed by atoms with Crippen molar-refractivity contribution in [3.63, 3.8) is 0 Å². The molecule has 5 nitrogen and oxygen atoms in total. The number of ether oxygens (including phenoxy) is 1. The standard InChI is InChI=1S/C17H23N3O2/c1-5-14(15-9-10-18-20(15)4)19-17(21)11-22-16-8-6-7-12(2)13(16)3/h6-10,14H,5,11H2,1-4H3,(H,19,21)/t14-/m1/s1. The summed E-state index contributed by atoms with van der Waals surface area (Å²) in [5.41, 5.74) is 3.20. The van der Waals surface area contributed by atoms with Crippen LogP contribution in [0, 0.1) is 13.8 Å². The molecule has 0 aliphatic carbocycles. The van der Waals surface area contributed by atoms with Gasteiger partial charge in [-0.15, -0.1) is 0 Å². The highest BCUT2D eigenvalue weighted by atomic mass is 16.5. The van der Waals surface area contributed by atoms with Crippen LogP contribution in [-0.2, 0) is 11.8 Å². The normalized spacial score (nSPS) is 12.0. The molecule has 2 aromatic rings. The van der Waals surface area contributed by atoms with Gasteiger partial charge in [0.15, 0.2) is 6.61 Å². The number of aryl methyl sites for hydroxylation is 2. The third kappa shape index (κ3) is 3.67. The molecule has 22 heavy (non-hydrogen) atoms. The molecule has 5 heteroatoms. The van der Waals surface area contributed by atoms with E-state index in [0.29, 0.717) is 0 Å². The van der Waals surface area contributed by atoms with Gasteiger partial charge < -0.3 is 10.1 Å². The zero-order valence-electron chi connectivity index (χ0n) is 13.6. The molecule has 0 radical (unpaired) electrons. The Bertz CT molecular complexity index is 649. The van der Waals surface area contributed by atoms with E-state index in [2.05, 4.69) is 10.4 Å². The highest BCUT2D eigenvalue weighted by Crippen LogP contribution is 2.20. The Balaban J connectivity index is 1.95. The summed E-state index contributed by atoms with van der Waals surface area (Å²) in [6.07, 6.45) is 2.53. The van der Waals surface area contributed by atoms with Crippen LogP contribution in [0.25, 0.3) is 0 Å². The molecule has 0 aliphatic rings. The van der Waals surface area contributed by atoms with Gasteiger partial charge in [0, 0.05) is 13.2 Å². The van der Waals surface area contributed by atoms with Crippen LogP contribution in [0.2, 0.25) is 0 Å². The molecule has 0 saturated carbocycles. The van der Waals surface area contributed by atoms with Gasteiger partial charge in [0.05, 0.1) is 11.7 Å². The summed E-state index contributed by atoms with van der Waals surface area (Å²) >= 11 is 0. The van der Waals surface area contributed by atoms with Crippen LogP contribution in [-0.4, -0.2) is 22.3 Å². The molecule has 1 aromatic carbocycles.